The molecule has 3 rings (SSSR count). The van der Waals surface area contributed by atoms with Crippen LogP contribution in [-0.2, 0) is 16.1 Å². The molecule has 0 aliphatic carbocycles. The monoisotopic (exact) mass is 385 g/mol. The van der Waals surface area contributed by atoms with Crippen molar-refractivity contribution in [3.05, 3.63) is 53.1 Å². The van der Waals surface area contributed by atoms with E-state index in [0.29, 0.717) is 6.54 Å². The molecule has 0 radical (unpaired) electrons. The molecule has 2 heterocycles. The van der Waals surface area contributed by atoms with Crippen molar-refractivity contribution in [1.82, 2.24) is 9.88 Å². The van der Waals surface area contributed by atoms with Crippen LogP contribution < -0.4 is 9.64 Å². The molecule has 1 saturated heterocycles. The standard InChI is InChI=1S/C21H24FN3O3/c1-13-10-23-17(14(2)20(13)28-4)12-24(3)21(27)15-9-19(26)25(11-15)18-8-6-5-7-16(18)22/h5-8,10,15H,9,11-12H2,1-4H3. The number of para-hydroxylation sites is 1. The Morgan fingerprint density at radius 3 is 2.75 bits per heavy atom. The maximum atomic E-state index is 14.0. The zero-order valence-electron chi connectivity index (χ0n) is 16.5. The lowest BCUT2D eigenvalue weighted by molar-refractivity contribution is -0.135. The molecule has 2 amide bonds. The number of hydrogen-bond acceptors (Lipinski definition) is 4. The number of nitrogens with zero attached hydrogens (tertiary/aromatic N) is 3. The van der Waals surface area contributed by atoms with Gasteiger partial charge in [-0.2, -0.15) is 0 Å². The minimum Gasteiger partial charge on any atom is -0.496 e. The quantitative estimate of drug-likeness (QED) is 0.794. The molecule has 1 unspecified atom stereocenters. The Labute approximate surface area is 163 Å². The number of anilines is 1. The highest BCUT2D eigenvalue weighted by atomic mass is 19.1. The van der Waals surface area contributed by atoms with Gasteiger partial charge in [0, 0.05) is 37.3 Å². The minimum absolute atomic E-state index is 0.0706. The molecule has 28 heavy (non-hydrogen) atoms. The molecule has 6 nitrogen and oxygen atoms in total. The van der Waals surface area contributed by atoms with Gasteiger partial charge >= 0.3 is 0 Å². The number of carbonyl (C=O) groups is 2. The zero-order valence-corrected chi connectivity index (χ0v) is 16.5. The van der Waals surface area contributed by atoms with Gasteiger partial charge in [-0.05, 0) is 26.0 Å². The lowest BCUT2D eigenvalue weighted by Crippen LogP contribution is -2.35. The number of methoxy groups -OCH3 is 1. The average molecular weight is 385 g/mol. The fourth-order valence-electron chi connectivity index (χ4n) is 3.62. The highest BCUT2D eigenvalue weighted by Crippen LogP contribution is 2.29. The van der Waals surface area contributed by atoms with Gasteiger partial charge in [-0.3, -0.25) is 14.6 Å². The second kappa shape index (κ2) is 7.96. The Bertz CT molecular complexity index is 916. The van der Waals surface area contributed by atoms with Crippen LogP contribution in [0.5, 0.6) is 5.75 Å². The number of benzene rings is 1. The van der Waals surface area contributed by atoms with Crippen LogP contribution in [0.15, 0.2) is 30.5 Å². The third-order valence-corrected chi connectivity index (χ3v) is 5.13. The summed E-state index contributed by atoms with van der Waals surface area (Å²) < 4.78 is 19.4. The first-order valence-electron chi connectivity index (χ1n) is 9.12. The van der Waals surface area contributed by atoms with Crippen molar-refractivity contribution in [2.24, 2.45) is 5.92 Å². The van der Waals surface area contributed by atoms with E-state index in [1.54, 1.807) is 43.5 Å². The van der Waals surface area contributed by atoms with Gasteiger partial charge in [0.2, 0.25) is 11.8 Å². The first-order valence-corrected chi connectivity index (χ1v) is 9.12. The maximum absolute atomic E-state index is 14.0. The van der Waals surface area contributed by atoms with Crippen LogP contribution in [0.1, 0.15) is 23.2 Å². The Morgan fingerprint density at radius 2 is 2.07 bits per heavy atom. The fraction of sp³-hybridized carbons (Fsp3) is 0.381. The van der Waals surface area contributed by atoms with Gasteiger partial charge in [0.05, 0.1) is 31.0 Å². The number of aromatic nitrogens is 1. The average Bonchev–Trinajstić information content (AvgIpc) is 3.05. The van der Waals surface area contributed by atoms with Crippen LogP contribution >= 0.6 is 0 Å². The summed E-state index contributed by atoms with van der Waals surface area (Å²) in [6, 6.07) is 6.10. The molecule has 1 aliphatic rings. The molecule has 0 bridgehead atoms. The van der Waals surface area contributed by atoms with Crippen LogP contribution in [-0.4, -0.2) is 42.4 Å². The molecular formula is C21H24FN3O3. The van der Waals surface area contributed by atoms with Gasteiger partial charge in [-0.1, -0.05) is 12.1 Å². The topological polar surface area (TPSA) is 62.7 Å². The van der Waals surface area contributed by atoms with Crippen molar-refractivity contribution < 1.29 is 18.7 Å². The molecule has 0 spiro atoms. The summed E-state index contributed by atoms with van der Waals surface area (Å²) in [4.78, 5) is 32.6. The van der Waals surface area contributed by atoms with Crippen LogP contribution in [0.2, 0.25) is 0 Å². The number of hydrogen-bond donors (Lipinski definition) is 0. The van der Waals surface area contributed by atoms with Gasteiger partial charge in [0.25, 0.3) is 0 Å². The molecule has 1 aromatic heterocycles. The molecule has 1 aliphatic heterocycles. The molecule has 1 atom stereocenters. The smallest absolute Gasteiger partial charge is 0.228 e. The SMILES string of the molecule is COc1c(C)cnc(CN(C)C(=O)C2CC(=O)N(c3ccccc3F)C2)c1C. The van der Waals surface area contributed by atoms with E-state index >= 15 is 0 Å². The zero-order chi connectivity index (χ0) is 20.4. The predicted molar refractivity (Wildman–Crippen MR) is 104 cm³/mol. The minimum atomic E-state index is -0.509. The number of halogens is 1. The first-order chi connectivity index (χ1) is 13.3. The fourth-order valence-corrected chi connectivity index (χ4v) is 3.62. The van der Waals surface area contributed by atoms with Crippen LogP contribution in [0.4, 0.5) is 10.1 Å². The second-order valence-electron chi connectivity index (χ2n) is 7.10. The Hall–Kier alpha value is -2.96. The Balaban J connectivity index is 1.73. The Morgan fingerprint density at radius 1 is 1.36 bits per heavy atom. The third-order valence-electron chi connectivity index (χ3n) is 5.13. The highest BCUT2D eigenvalue weighted by molar-refractivity contribution is 6.00. The molecule has 148 valence electrons. The van der Waals surface area contributed by atoms with Crippen molar-refractivity contribution in [3.8, 4) is 5.75 Å². The largest absolute Gasteiger partial charge is 0.496 e. The van der Waals surface area contributed by atoms with E-state index in [2.05, 4.69) is 4.98 Å². The number of rotatable bonds is 5. The normalized spacial score (nSPS) is 16.4. The number of ether oxygens (including phenoxy) is 1. The molecular weight excluding hydrogens is 361 g/mol. The number of pyridine rings is 1. The molecule has 2 aromatic rings. The molecule has 0 N–H and O–H groups in total. The summed E-state index contributed by atoms with van der Waals surface area (Å²) in [5, 5.41) is 0. The van der Waals surface area contributed by atoms with Gasteiger partial charge in [-0.25, -0.2) is 4.39 Å². The Kier molecular flexibility index (Phi) is 5.63. The predicted octanol–water partition coefficient (Wildman–Crippen LogP) is 2.86. The van der Waals surface area contributed by atoms with Crippen molar-refractivity contribution in [2.45, 2.75) is 26.8 Å². The summed E-state index contributed by atoms with van der Waals surface area (Å²) in [6.07, 6.45) is 1.79. The lowest BCUT2D eigenvalue weighted by Gasteiger charge is -2.22. The number of carbonyl (C=O) groups excluding carboxylic acids is 2. The highest BCUT2D eigenvalue weighted by Gasteiger charge is 2.37. The van der Waals surface area contributed by atoms with Gasteiger partial charge < -0.3 is 14.5 Å². The number of amides is 2. The summed E-state index contributed by atoms with van der Waals surface area (Å²) >= 11 is 0. The third kappa shape index (κ3) is 3.69. The van der Waals surface area contributed by atoms with Crippen molar-refractivity contribution in [1.29, 1.82) is 0 Å². The van der Waals surface area contributed by atoms with Crippen molar-refractivity contribution in [2.75, 3.05) is 25.6 Å². The van der Waals surface area contributed by atoms with Crippen LogP contribution in [0, 0.1) is 25.6 Å². The summed E-state index contributed by atoms with van der Waals surface area (Å²) in [7, 11) is 3.29. The molecule has 7 heteroatoms. The van der Waals surface area contributed by atoms with E-state index in [9.17, 15) is 14.0 Å². The van der Waals surface area contributed by atoms with E-state index in [4.69, 9.17) is 4.74 Å². The van der Waals surface area contributed by atoms with E-state index in [1.807, 2.05) is 13.8 Å². The van der Waals surface area contributed by atoms with Gasteiger partial charge in [0.1, 0.15) is 11.6 Å². The summed E-state index contributed by atoms with van der Waals surface area (Å²) in [5.74, 6) is -0.627. The maximum Gasteiger partial charge on any atom is 0.228 e. The van der Waals surface area contributed by atoms with Gasteiger partial charge in [0.15, 0.2) is 0 Å². The number of aryl methyl sites for hydroxylation is 1. The second-order valence-corrected chi connectivity index (χ2v) is 7.10. The summed E-state index contributed by atoms with van der Waals surface area (Å²) in [6.45, 7) is 4.31. The molecule has 1 fully saturated rings. The molecule has 1 aromatic carbocycles. The van der Waals surface area contributed by atoms with E-state index in [-0.39, 0.29) is 30.5 Å². The molecule has 0 saturated carbocycles. The first kappa shape index (κ1) is 19.8. The van der Waals surface area contributed by atoms with E-state index in [1.165, 1.54) is 11.0 Å². The lowest BCUT2D eigenvalue weighted by atomic mass is 10.1. The van der Waals surface area contributed by atoms with E-state index in [0.717, 1.165) is 22.6 Å². The van der Waals surface area contributed by atoms with Crippen molar-refractivity contribution in [3.63, 3.8) is 0 Å². The van der Waals surface area contributed by atoms with Crippen molar-refractivity contribution >= 4 is 17.5 Å². The summed E-state index contributed by atoms with van der Waals surface area (Å²) in [5.41, 5.74) is 2.78. The van der Waals surface area contributed by atoms with E-state index < -0.39 is 11.7 Å². The van der Waals surface area contributed by atoms with Crippen LogP contribution in [0.25, 0.3) is 0 Å². The van der Waals surface area contributed by atoms with Crippen LogP contribution in [0.3, 0.4) is 0 Å². The van der Waals surface area contributed by atoms with Gasteiger partial charge in [-0.15, -0.1) is 0 Å².